The minimum Gasteiger partial charge on any atom is -0.468 e. The molecular weight excluding hydrogens is 208 g/mol. The molecule has 0 radical (unpaired) electrons. The van der Waals surface area contributed by atoms with Crippen LogP contribution in [0, 0.1) is 16.7 Å². The van der Waals surface area contributed by atoms with Crippen LogP contribution in [0.25, 0.3) is 0 Å². The van der Waals surface area contributed by atoms with Gasteiger partial charge in [0, 0.05) is 24.2 Å². The van der Waals surface area contributed by atoms with E-state index in [0.717, 1.165) is 12.8 Å². The van der Waals surface area contributed by atoms with Crippen molar-refractivity contribution < 1.29 is 19.1 Å². The monoisotopic (exact) mass is 222 g/mol. The Hall–Kier alpha value is -1.19. The molecule has 0 saturated heterocycles. The van der Waals surface area contributed by atoms with Gasteiger partial charge in [0.15, 0.2) is 5.78 Å². The maximum Gasteiger partial charge on any atom is 0.320 e. The molecule has 0 aromatic rings. The molecule has 0 aromatic heterocycles. The Morgan fingerprint density at radius 2 is 2.06 bits per heavy atom. The van der Waals surface area contributed by atoms with Gasteiger partial charge >= 0.3 is 5.97 Å². The molecule has 0 heterocycles. The zero-order valence-corrected chi connectivity index (χ0v) is 9.25. The number of ether oxygens (including phenoxy) is 1. The van der Waals surface area contributed by atoms with E-state index in [-0.39, 0.29) is 29.3 Å². The maximum absolute atomic E-state index is 12.1. The van der Waals surface area contributed by atoms with Crippen molar-refractivity contribution in [1.82, 2.24) is 0 Å². The third-order valence-electron chi connectivity index (χ3n) is 4.80. The Morgan fingerprint density at radius 3 is 2.62 bits per heavy atom. The summed E-state index contributed by atoms with van der Waals surface area (Å²) in [7, 11) is 1.30. The first kappa shape index (κ1) is 10.00. The average molecular weight is 222 g/mol. The Kier molecular flexibility index (Phi) is 1.71. The van der Waals surface area contributed by atoms with E-state index in [4.69, 9.17) is 4.74 Å². The molecule has 3 rings (SSSR count). The molecule has 4 heteroatoms. The predicted molar refractivity (Wildman–Crippen MR) is 53.5 cm³/mol. The van der Waals surface area contributed by atoms with Crippen LogP contribution in [0.5, 0.6) is 0 Å². The van der Waals surface area contributed by atoms with Crippen LogP contribution >= 0.6 is 0 Å². The van der Waals surface area contributed by atoms with E-state index in [0.29, 0.717) is 12.8 Å². The molecule has 4 nitrogen and oxygen atoms in total. The van der Waals surface area contributed by atoms with Crippen LogP contribution in [0.4, 0.5) is 0 Å². The predicted octanol–water partition coefficient (Wildman–Crippen LogP) is 0.878. The maximum atomic E-state index is 12.1. The second-order valence-electron chi connectivity index (χ2n) is 5.21. The Bertz CT molecular complexity index is 397. The lowest BCUT2D eigenvalue weighted by molar-refractivity contribution is -0.164. The molecule has 3 saturated carbocycles. The molecule has 0 amide bonds. The van der Waals surface area contributed by atoms with Crippen molar-refractivity contribution in [3.8, 4) is 0 Å². The van der Waals surface area contributed by atoms with Crippen molar-refractivity contribution in [2.75, 3.05) is 7.11 Å². The molecule has 3 aliphatic carbocycles. The molecule has 0 N–H and O–H groups in total. The number of carbonyl (C=O) groups excluding carboxylic acids is 3. The van der Waals surface area contributed by atoms with Crippen molar-refractivity contribution in [2.45, 2.75) is 32.1 Å². The summed E-state index contributed by atoms with van der Waals surface area (Å²) in [4.78, 5) is 36.0. The van der Waals surface area contributed by atoms with Crippen molar-refractivity contribution in [3.05, 3.63) is 0 Å². The summed E-state index contributed by atoms with van der Waals surface area (Å²) < 4.78 is 4.79. The van der Waals surface area contributed by atoms with Crippen molar-refractivity contribution in [2.24, 2.45) is 16.7 Å². The van der Waals surface area contributed by atoms with Crippen molar-refractivity contribution in [1.29, 1.82) is 0 Å². The molecule has 3 fully saturated rings. The topological polar surface area (TPSA) is 60.4 Å². The fourth-order valence-electron chi connectivity index (χ4n) is 3.94. The van der Waals surface area contributed by atoms with Crippen LogP contribution in [-0.2, 0) is 19.1 Å². The lowest BCUT2D eigenvalue weighted by Crippen LogP contribution is -2.48. The second-order valence-corrected chi connectivity index (χ2v) is 5.21. The fourth-order valence-corrected chi connectivity index (χ4v) is 3.94. The molecule has 3 aliphatic rings. The van der Waals surface area contributed by atoms with Gasteiger partial charge in [0.05, 0.1) is 7.11 Å². The van der Waals surface area contributed by atoms with Gasteiger partial charge in [0.1, 0.15) is 11.2 Å². The smallest absolute Gasteiger partial charge is 0.320 e. The van der Waals surface area contributed by atoms with Gasteiger partial charge in [-0.3, -0.25) is 14.4 Å². The fraction of sp³-hybridized carbons (Fsp3) is 0.750. The first-order valence-electron chi connectivity index (χ1n) is 5.73. The quantitative estimate of drug-likeness (QED) is 0.488. The Balaban J connectivity index is 2.16. The number of hydrogen-bond donors (Lipinski definition) is 0. The molecule has 16 heavy (non-hydrogen) atoms. The van der Waals surface area contributed by atoms with Gasteiger partial charge in [0.25, 0.3) is 0 Å². The number of carbonyl (C=O) groups is 3. The molecule has 2 atom stereocenters. The van der Waals surface area contributed by atoms with E-state index in [1.165, 1.54) is 7.11 Å². The standard InChI is InChI=1S/C12H14O4/c1-16-10(15)12-6-8(13)7(2-3-9(12)14)11(12)4-5-11/h7H,2-6H2,1H3/t7-,12-/m0/s1. The second kappa shape index (κ2) is 2.73. The lowest BCUT2D eigenvalue weighted by Gasteiger charge is -2.36. The summed E-state index contributed by atoms with van der Waals surface area (Å²) in [5, 5.41) is 0. The Labute approximate surface area is 93.3 Å². The first-order valence-corrected chi connectivity index (χ1v) is 5.73. The van der Waals surface area contributed by atoms with Gasteiger partial charge in [-0.15, -0.1) is 0 Å². The average Bonchev–Trinajstić information content (AvgIpc) is 3.00. The van der Waals surface area contributed by atoms with E-state index < -0.39 is 11.4 Å². The number of hydrogen-bond acceptors (Lipinski definition) is 4. The highest BCUT2D eigenvalue weighted by molar-refractivity contribution is 6.13. The van der Waals surface area contributed by atoms with E-state index >= 15 is 0 Å². The van der Waals surface area contributed by atoms with Crippen molar-refractivity contribution in [3.63, 3.8) is 0 Å². The third-order valence-corrected chi connectivity index (χ3v) is 4.80. The summed E-state index contributed by atoms with van der Waals surface area (Å²) in [6.07, 6.45) is 2.72. The minimum atomic E-state index is -1.11. The molecular formula is C12H14O4. The summed E-state index contributed by atoms with van der Waals surface area (Å²) in [6.45, 7) is 0. The normalized spacial score (nSPS) is 38.9. The first-order chi connectivity index (χ1) is 7.58. The molecule has 0 aromatic carbocycles. The van der Waals surface area contributed by atoms with Gasteiger partial charge in [0.2, 0.25) is 0 Å². The summed E-state index contributed by atoms with van der Waals surface area (Å²) >= 11 is 0. The van der Waals surface area contributed by atoms with Gasteiger partial charge in [-0.1, -0.05) is 0 Å². The highest BCUT2D eigenvalue weighted by atomic mass is 16.5. The largest absolute Gasteiger partial charge is 0.468 e. The van der Waals surface area contributed by atoms with Gasteiger partial charge in [-0.2, -0.15) is 0 Å². The summed E-state index contributed by atoms with van der Waals surface area (Å²) in [5.41, 5.74) is -1.46. The van der Waals surface area contributed by atoms with E-state index in [9.17, 15) is 14.4 Å². The van der Waals surface area contributed by atoms with Crippen LogP contribution in [0.1, 0.15) is 32.1 Å². The summed E-state index contributed by atoms with van der Waals surface area (Å²) in [6, 6.07) is 0. The third kappa shape index (κ3) is 0.815. The van der Waals surface area contributed by atoms with Gasteiger partial charge in [-0.25, -0.2) is 0 Å². The van der Waals surface area contributed by atoms with Gasteiger partial charge in [-0.05, 0) is 19.3 Å². The van der Waals surface area contributed by atoms with E-state index in [1.54, 1.807) is 0 Å². The number of methoxy groups -OCH3 is 1. The molecule has 86 valence electrons. The van der Waals surface area contributed by atoms with Crippen LogP contribution in [0.15, 0.2) is 0 Å². The molecule has 0 aliphatic heterocycles. The number of rotatable bonds is 1. The van der Waals surface area contributed by atoms with E-state index in [2.05, 4.69) is 0 Å². The minimum absolute atomic E-state index is 0.0655. The van der Waals surface area contributed by atoms with Crippen LogP contribution in [-0.4, -0.2) is 24.6 Å². The molecule has 1 spiro atoms. The van der Waals surface area contributed by atoms with Crippen molar-refractivity contribution >= 4 is 17.5 Å². The molecule has 0 unspecified atom stereocenters. The number of Topliss-reactive ketones (excluding diaryl/α,β-unsaturated/α-hetero) is 2. The SMILES string of the molecule is COC(=O)[C@]12CC(=O)[C@H](CCC1=O)C21CC1. The number of ketones is 2. The van der Waals surface area contributed by atoms with Crippen LogP contribution in [0.3, 0.4) is 0 Å². The highest BCUT2D eigenvalue weighted by Crippen LogP contribution is 2.73. The van der Waals surface area contributed by atoms with E-state index in [1.807, 2.05) is 0 Å². The summed E-state index contributed by atoms with van der Waals surface area (Å²) in [5.74, 6) is -0.525. The zero-order valence-electron chi connectivity index (χ0n) is 9.25. The lowest BCUT2D eigenvalue weighted by atomic mass is 9.63. The zero-order chi connectivity index (χ0) is 11.6. The Morgan fingerprint density at radius 1 is 1.38 bits per heavy atom. The van der Waals surface area contributed by atoms with Crippen LogP contribution in [0.2, 0.25) is 0 Å². The number of esters is 1. The molecule has 2 bridgehead atoms. The van der Waals surface area contributed by atoms with Crippen LogP contribution < -0.4 is 0 Å². The highest BCUT2D eigenvalue weighted by Gasteiger charge is 2.77. The van der Waals surface area contributed by atoms with Gasteiger partial charge < -0.3 is 4.74 Å².